The fourth-order valence-corrected chi connectivity index (χ4v) is 2.71. The largest absolute Gasteiger partial charge is 0.494 e. The van der Waals surface area contributed by atoms with Gasteiger partial charge in [-0.05, 0) is 42.3 Å². The molecule has 2 amide bonds. The number of urea groups is 1. The summed E-state index contributed by atoms with van der Waals surface area (Å²) in [5.41, 5.74) is 2.97. The second-order valence-corrected chi connectivity index (χ2v) is 6.30. The second-order valence-electron chi connectivity index (χ2n) is 6.30. The summed E-state index contributed by atoms with van der Waals surface area (Å²) in [6.45, 7) is 3.88. The molecule has 0 aliphatic carbocycles. The standard InChI is InChI=1S/C21H24N4O2/c1-3-27-20-10-6-17(7-11-20)14-24(2)21(26)23-19-8-4-18(5-9-19)15-25-13-12-22-16-25/h4-13,16H,3,14-15H2,1-2H3,(H,23,26). The maximum atomic E-state index is 12.4. The highest BCUT2D eigenvalue weighted by molar-refractivity contribution is 5.89. The van der Waals surface area contributed by atoms with Crippen molar-refractivity contribution in [3.8, 4) is 5.75 Å². The minimum Gasteiger partial charge on any atom is -0.494 e. The molecule has 0 atom stereocenters. The molecule has 1 aromatic heterocycles. The summed E-state index contributed by atoms with van der Waals surface area (Å²) in [4.78, 5) is 18.1. The van der Waals surface area contributed by atoms with Crippen LogP contribution in [0.15, 0.2) is 67.3 Å². The third kappa shape index (κ3) is 5.34. The Morgan fingerprint density at radius 1 is 1.11 bits per heavy atom. The molecule has 1 N–H and O–H groups in total. The van der Waals surface area contributed by atoms with Gasteiger partial charge in [0.1, 0.15) is 5.75 Å². The van der Waals surface area contributed by atoms with Gasteiger partial charge in [0.25, 0.3) is 0 Å². The number of imidazole rings is 1. The maximum Gasteiger partial charge on any atom is 0.321 e. The summed E-state index contributed by atoms with van der Waals surface area (Å²) in [6.07, 6.45) is 5.46. The van der Waals surface area contributed by atoms with Crippen LogP contribution in [0, 0.1) is 0 Å². The average molecular weight is 364 g/mol. The Labute approximate surface area is 159 Å². The van der Waals surface area contributed by atoms with Gasteiger partial charge < -0.3 is 19.5 Å². The molecule has 0 radical (unpaired) electrons. The lowest BCUT2D eigenvalue weighted by molar-refractivity contribution is 0.220. The summed E-state index contributed by atoms with van der Waals surface area (Å²) in [5.74, 6) is 0.837. The quantitative estimate of drug-likeness (QED) is 0.689. The number of aromatic nitrogens is 2. The van der Waals surface area contributed by atoms with Gasteiger partial charge in [0, 0.05) is 38.2 Å². The van der Waals surface area contributed by atoms with Crippen molar-refractivity contribution in [1.29, 1.82) is 0 Å². The Morgan fingerprint density at radius 3 is 2.44 bits per heavy atom. The van der Waals surface area contributed by atoms with Crippen LogP contribution in [-0.2, 0) is 13.1 Å². The number of hydrogen-bond donors (Lipinski definition) is 1. The third-order valence-corrected chi connectivity index (χ3v) is 4.13. The van der Waals surface area contributed by atoms with E-state index in [1.807, 2.05) is 66.2 Å². The van der Waals surface area contributed by atoms with E-state index in [-0.39, 0.29) is 6.03 Å². The first-order chi connectivity index (χ1) is 13.1. The predicted octanol–water partition coefficient (Wildman–Crippen LogP) is 3.99. The molecule has 0 fully saturated rings. The van der Waals surface area contributed by atoms with Crippen LogP contribution < -0.4 is 10.1 Å². The summed E-state index contributed by atoms with van der Waals surface area (Å²) in [6, 6.07) is 15.5. The van der Waals surface area contributed by atoms with E-state index in [9.17, 15) is 4.79 Å². The molecule has 3 rings (SSSR count). The molecule has 6 heteroatoms. The van der Waals surface area contributed by atoms with Gasteiger partial charge in [-0.2, -0.15) is 0 Å². The molecule has 3 aromatic rings. The summed E-state index contributed by atoms with van der Waals surface area (Å²) >= 11 is 0. The lowest BCUT2D eigenvalue weighted by Gasteiger charge is -2.18. The predicted molar refractivity (Wildman–Crippen MR) is 106 cm³/mol. The summed E-state index contributed by atoms with van der Waals surface area (Å²) < 4.78 is 7.44. The van der Waals surface area contributed by atoms with Crippen molar-refractivity contribution in [3.63, 3.8) is 0 Å². The minimum absolute atomic E-state index is 0.147. The van der Waals surface area contributed by atoms with Crippen molar-refractivity contribution >= 4 is 11.7 Å². The average Bonchev–Trinajstić information content (AvgIpc) is 3.18. The summed E-state index contributed by atoms with van der Waals surface area (Å²) in [7, 11) is 1.78. The highest BCUT2D eigenvalue weighted by atomic mass is 16.5. The highest BCUT2D eigenvalue weighted by Crippen LogP contribution is 2.15. The highest BCUT2D eigenvalue weighted by Gasteiger charge is 2.09. The zero-order valence-electron chi connectivity index (χ0n) is 15.6. The van der Waals surface area contributed by atoms with Gasteiger partial charge in [-0.1, -0.05) is 24.3 Å². The molecule has 0 unspecified atom stereocenters. The Morgan fingerprint density at radius 2 is 1.81 bits per heavy atom. The van der Waals surface area contributed by atoms with E-state index >= 15 is 0 Å². The van der Waals surface area contributed by atoms with E-state index in [0.717, 1.165) is 29.1 Å². The number of carbonyl (C=O) groups excluding carboxylic acids is 1. The summed E-state index contributed by atoms with van der Waals surface area (Å²) in [5, 5.41) is 2.92. The van der Waals surface area contributed by atoms with Crippen LogP contribution in [0.2, 0.25) is 0 Å². The molecular formula is C21H24N4O2. The molecule has 0 bridgehead atoms. The van der Waals surface area contributed by atoms with Crippen molar-refractivity contribution in [2.45, 2.75) is 20.0 Å². The lowest BCUT2D eigenvalue weighted by atomic mass is 10.2. The molecule has 0 saturated heterocycles. The molecule has 2 aromatic carbocycles. The topological polar surface area (TPSA) is 59.4 Å². The third-order valence-electron chi connectivity index (χ3n) is 4.13. The van der Waals surface area contributed by atoms with E-state index in [2.05, 4.69) is 10.3 Å². The lowest BCUT2D eigenvalue weighted by Crippen LogP contribution is -2.30. The first-order valence-corrected chi connectivity index (χ1v) is 8.92. The van der Waals surface area contributed by atoms with Gasteiger partial charge in [-0.25, -0.2) is 9.78 Å². The van der Waals surface area contributed by atoms with Crippen molar-refractivity contribution < 1.29 is 9.53 Å². The van der Waals surface area contributed by atoms with Crippen molar-refractivity contribution in [2.75, 3.05) is 19.0 Å². The van der Waals surface area contributed by atoms with Gasteiger partial charge in [-0.3, -0.25) is 0 Å². The Balaban J connectivity index is 1.52. The molecule has 27 heavy (non-hydrogen) atoms. The van der Waals surface area contributed by atoms with Gasteiger partial charge in [0.15, 0.2) is 0 Å². The van der Waals surface area contributed by atoms with Crippen LogP contribution in [0.1, 0.15) is 18.1 Å². The van der Waals surface area contributed by atoms with Crippen molar-refractivity contribution in [1.82, 2.24) is 14.5 Å². The monoisotopic (exact) mass is 364 g/mol. The normalized spacial score (nSPS) is 10.4. The number of hydrogen-bond acceptors (Lipinski definition) is 3. The molecule has 6 nitrogen and oxygen atoms in total. The minimum atomic E-state index is -0.147. The first kappa shape index (κ1) is 18.5. The van der Waals surface area contributed by atoms with E-state index in [1.54, 1.807) is 24.5 Å². The number of nitrogens with one attached hydrogen (secondary N) is 1. The van der Waals surface area contributed by atoms with E-state index in [4.69, 9.17) is 4.74 Å². The Hall–Kier alpha value is -3.28. The SMILES string of the molecule is CCOc1ccc(CN(C)C(=O)Nc2ccc(Cn3ccnc3)cc2)cc1. The van der Waals surface area contributed by atoms with E-state index in [1.165, 1.54) is 0 Å². The molecule has 0 aliphatic heterocycles. The molecule has 0 aliphatic rings. The second kappa shape index (κ2) is 8.89. The van der Waals surface area contributed by atoms with Gasteiger partial charge in [0.2, 0.25) is 0 Å². The van der Waals surface area contributed by atoms with Crippen molar-refractivity contribution in [3.05, 3.63) is 78.4 Å². The maximum absolute atomic E-state index is 12.4. The first-order valence-electron chi connectivity index (χ1n) is 8.92. The smallest absolute Gasteiger partial charge is 0.321 e. The Kier molecular flexibility index (Phi) is 6.10. The zero-order chi connectivity index (χ0) is 19.1. The van der Waals surface area contributed by atoms with Crippen molar-refractivity contribution in [2.24, 2.45) is 0 Å². The van der Waals surface area contributed by atoms with Crippen LogP contribution in [0.4, 0.5) is 10.5 Å². The fourth-order valence-electron chi connectivity index (χ4n) is 2.71. The number of amides is 2. The number of nitrogens with zero attached hydrogens (tertiary/aromatic N) is 3. The fraction of sp³-hybridized carbons (Fsp3) is 0.238. The molecule has 0 spiro atoms. The van der Waals surface area contributed by atoms with Crippen LogP contribution in [0.5, 0.6) is 5.75 Å². The molecular weight excluding hydrogens is 340 g/mol. The number of rotatable bonds is 7. The number of carbonyl (C=O) groups is 1. The molecule has 0 saturated carbocycles. The van der Waals surface area contributed by atoms with E-state index in [0.29, 0.717) is 13.2 Å². The Bertz CT molecular complexity index is 843. The van der Waals surface area contributed by atoms with E-state index < -0.39 is 0 Å². The van der Waals surface area contributed by atoms with Crippen LogP contribution in [-0.4, -0.2) is 34.1 Å². The number of anilines is 1. The molecule has 140 valence electrons. The zero-order valence-corrected chi connectivity index (χ0v) is 15.6. The van der Waals surface area contributed by atoms with Crippen LogP contribution >= 0.6 is 0 Å². The van der Waals surface area contributed by atoms with Gasteiger partial charge in [-0.15, -0.1) is 0 Å². The number of ether oxygens (including phenoxy) is 1. The van der Waals surface area contributed by atoms with Crippen LogP contribution in [0.25, 0.3) is 0 Å². The van der Waals surface area contributed by atoms with Crippen LogP contribution in [0.3, 0.4) is 0 Å². The number of benzene rings is 2. The molecule has 1 heterocycles. The van der Waals surface area contributed by atoms with Gasteiger partial charge >= 0.3 is 6.03 Å². The van der Waals surface area contributed by atoms with Gasteiger partial charge in [0.05, 0.1) is 12.9 Å².